The van der Waals surface area contributed by atoms with Crippen LogP contribution in [0.1, 0.15) is 0 Å². The number of nitrogens with two attached hydrogens (primary N) is 1. The fourth-order valence-corrected chi connectivity index (χ4v) is 0.680. The van der Waals surface area contributed by atoms with Crippen LogP contribution in [0.4, 0.5) is 0 Å². The minimum absolute atomic E-state index is 0.133. The van der Waals surface area contributed by atoms with E-state index in [0.717, 1.165) is 0 Å². The third-order valence-electron chi connectivity index (χ3n) is 0.812. The Bertz CT molecular complexity index is 194. The molecule has 0 bridgehead atoms. The van der Waals surface area contributed by atoms with Gasteiger partial charge in [0.2, 0.25) is 0 Å². The van der Waals surface area contributed by atoms with E-state index in [4.69, 9.17) is 5.73 Å². The van der Waals surface area contributed by atoms with E-state index in [0.29, 0.717) is 0 Å². The molecular formula is C4H9NO4S2. The van der Waals surface area contributed by atoms with Gasteiger partial charge in [0.1, 0.15) is 6.04 Å². The number of esters is 1. The van der Waals surface area contributed by atoms with Gasteiger partial charge in [0, 0.05) is 5.75 Å². The van der Waals surface area contributed by atoms with Crippen LogP contribution in [0, 0.1) is 0 Å². The minimum atomic E-state index is -2.69. The Kier molecular flexibility index (Phi) is 5.26. The number of carbonyl (C=O) groups excluding carboxylic acids is 1. The summed E-state index contributed by atoms with van der Waals surface area (Å²) in [4.78, 5) is 10.6. The van der Waals surface area contributed by atoms with Gasteiger partial charge < -0.3 is 10.5 Å². The highest BCUT2D eigenvalue weighted by atomic mass is 32.2. The predicted molar refractivity (Wildman–Crippen MR) is 43.1 cm³/mol. The molecule has 11 heavy (non-hydrogen) atoms. The number of thiol groups is 2. The molecule has 0 unspecified atom stereocenters. The maximum absolute atomic E-state index is 10.6. The van der Waals surface area contributed by atoms with Gasteiger partial charge in [0.25, 0.3) is 0 Å². The van der Waals surface area contributed by atoms with Gasteiger partial charge >= 0.3 is 5.97 Å². The summed E-state index contributed by atoms with van der Waals surface area (Å²) in [6.07, 6.45) is 0. The first-order valence-electron chi connectivity index (χ1n) is 2.72. The molecule has 5 nitrogen and oxygen atoms in total. The first-order valence-corrected chi connectivity index (χ1v) is 4.72. The molecule has 0 aromatic carbocycles. The van der Waals surface area contributed by atoms with Crippen LogP contribution >= 0.6 is 12.6 Å². The number of carbonyl (C=O) groups is 1. The third-order valence-corrected chi connectivity index (χ3v) is 1.54. The third kappa shape index (κ3) is 5.05. The van der Waals surface area contributed by atoms with Gasteiger partial charge in [-0.2, -0.15) is 12.6 Å². The molecule has 2 N–H and O–H groups in total. The number of hydrogen-bond acceptors (Lipinski definition) is 6. The van der Waals surface area contributed by atoms with E-state index in [-0.39, 0.29) is 5.75 Å². The average Bonchev–Trinajstić information content (AvgIpc) is 1.98. The van der Waals surface area contributed by atoms with E-state index < -0.39 is 28.7 Å². The molecule has 0 aliphatic carbocycles. The molecule has 0 aliphatic heterocycles. The van der Waals surface area contributed by atoms with Crippen LogP contribution in [0.15, 0.2) is 0 Å². The molecule has 0 amide bonds. The highest BCUT2D eigenvalue weighted by molar-refractivity contribution is 7.80. The lowest BCUT2D eigenvalue weighted by atomic mass is 10.4. The summed E-state index contributed by atoms with van der Waals surface area (Å²) >= 11 is 3.72. The fraction of sp³-hybridized carbons (Fsp3) is 0.750. The second kappa shape index (κ2) is 5.39. The van der Waals surface area contributed by atoms with E-state index in [1.54, 1.807) is 0 Å². The van der Waals surface area contributed by atoms with Gasteiger partial charge in [0.05, 0.1) is 0 Å². The Morgan fingerprint density at radius 1 is 1.64 bits per heavy atom. The van der Waals surface area contributed by atoms with Crippen molar-refractivity contribution in [2.75, 3.05) is 11.7 Å². The van der Waals surface area contributed by atoms with Gasteiger partial charge in [-0.15, -0.1) is 0 Å². The van der Waals surface area contributed by atoms with E-state index in [1.165, 1.54) is 0 Å². The molecule has 0 heterocycles. The van der Waals surface area contributed by atoms with E-state index in [9.17, 15) is 13.2 Å². The van der Waals surface area contributed by atoms with Crippen LogP contribution in [-0.2, 0) is 20.2 Å². The van der Waals surface area contributed by atoms with Gasteiger partial charge in [0.15, 0.2) is 16.6 Å². The normalized spacial score (nSPS) is 13.0. The SMILES string of the molecule is N[C@@H](CS)C(=O)OC[SH](=O)=O. The lowest BCUT2D eigenvalue weighted by Gasteiger charge is -2.05. The van der Waals surface area contributed by atoms with Crippen molar-refractivity contribution in [3.63, 3.8) is 0 Å². The van der Waals surface area contributed by atoms with Crippen molar-refractivity contribution in [3.8, 4) is 0 Å². The Hall–Kier alpha value is -0.270. The first kappa shape index (κ1) is 10.7. The van der Waals surface area contributed by atoms with Crippen molar-refractivity contribution in [2.45, 2.75) is 6.04 Å². The quantitative estimate of drug-likeness (QED) is 0.373. The second-order valence-corrected chi connectivity index (χ2v) is 3.00. The topological polar surface area (TPSA) is 86.5 Å². The van der Waals surface area contributed by atoms with Crippen molar-refractivity contribution in [2.24, 2.45) is 5.73 Å². The van der Waals surface area contributed by atoms with E-state index >= 15 is 0 Å². The molecule has 7 heteroatoms. The second-order valence-electron chi connectivity index (χ2n) is 1.71. The fourth-order valence-electron chi connectivity index (χ4n) is 0.298. The Morgan fingerprint density at radius 2 is 2.18 bits per heavy atom. The van der Waals surface area contributed by atoms with Crippen molar-refractivity contribution in [3.05, 3.63) is 0 Å². The largest absolute Gasteiger partial charge is 0.448 e. The summed E-state index contributed by atoms with van der Waals surface area (Å²) in [5.74, 6) is -1.23. The van der Waals surface area contributed by atoms with Crippen LogP contribution in [0.2, 0.25) is 0 Å². The lowest BCUT2D eigenvalue weighted by Crippen LogP contribution is -2.34. The van der Waals surface area contributed by atoms with Crippen LogP contribution in [0.25, 0.3) is 0 Å². The molecule has 0 aromatic heterocycles. The molecule has 0 spiro atoms. The summed E-state index contributed by atoms with van der Waals surface area (Å²) in [5, 5.41) is 0. The zero-order chi connectivity index (χ0) is 8.85. The Morgan fingerprint density at radius 3 is 2.55 bits per heavy atom. The van der Waals surface area contributed by atoms with Crippen LogP contribution in [0.5, 0.6) is 0 Å². The van der Waals surface area contributed by atoms with Gasteiger partial charge in [-0.1, -0.05) is 0 Å². The Balaban J connectivity index is 3.69. The standard InChI is InChI=1S/C4H9NO4S2/c5-3(1-10)4(6)9-2-11(7)8/h3,10-11H,1-2,5H2/t3-/m0/s1. The zero-order valence-corrected chi connectivity index (χ0v) is 7.39. The smallest absolute Gasteiger partial charge is 0.324 e. The molecule has 0 aliphatic rings. The zero-order valence-electron chi connectivity index (χ0n) is 5.60. The maximum atomic E-state index is 10.6. The van der Waals surface area contributed by atoms with Crippen LogP contribution in [-0.4, -0.2) is 32.1 Å². The molecule has 0 saturated heterocycles. The van der Waals surface area contributed by atoms with E-state index in [1.807, 2.05) is 0 Å². The Labute approximate surface area is 71.3 Å². The highest BCUT2D eigenvalue weighted by Gasteiger charge is 2.12. The molecular weight excluding hydrogens is 190 g/mol. The van der Waals surface area contributed by atoms with Crippen LogP contribution in [0.3, 0.4) is 0 Å². The molecule has 66 valence electrons. The van der Waals surface area contributed by atoms with Gasteiger partial charge in [-0.3, -0.25) is 4.79 Å². The molecule has 0 fully saturated rings. The first-order chi connectivity index (χ1) is 5.07. The minimum Gasteiger partial charge on any atom is -0.448 e. The van der Waals surface area contributed by atoms with Gasteiger partial charge in [-0.05, 0) is 0 Å². The van der Waals surface area contributed by atoms with E-state index in [2.05, 4.69) is 17.4 Å². The van der Waals surface area contributed by atoms with Crippen molar-refractivity contribution in [1.82, 2.24) is 0 Å². The lowest BCUT2D eigenvalue weighted by molar-refractivity contribution is -0.142. The molecule has 0 radical (unpaired) electrons. The summed E-state index contributed by atoms with van der Waals surface area (Å²) in [7, 11) is -2.69. The summed E-state index contributed by atoms with van der Waals surface area (Å²) in [6, 6.07) is -0.853. The summed E-state index contributed by atoms with van der Waals surface area (Å²) in [6.45, 7) is 0. The van der Waals surface area contributed by atoms with Crippen LogP contribution < -0.4 is 5.73 Å². The number of rotatable bonds is 4. The number of hydrogen-bond donors (Lipinski definition) is 3. The van der Waals surface area contributed by atoms with Crippen molar-refractivity contribution in [1.29, 1.82) is 0 Å². The summed E-state index contributed by atoms with van der Waals surface area (Å²) in [5.41, 5.74) is 5.15. The molecule has 0 rings (SSSR count). The highest BCUT2D eigenvalue weighted by Crippen LogP contribution is 1.88. The van der Waals surface area contributed by atoms with Crippen molar-refractivity contribution >= 4 is 29.3 Å². The summed E-state index contributed by atoms with van der Waals surface area (Å²) < 4.78 is 24.1. The molecule has 0 aromatic rings. The maximum Gasteiger partial charge on any atom is 0.324 e. The predicted octanol–water partition coefficient (Wildman–Crippen LogP) is -1.64. The average molecular weight is 199 g/mol. The van der Waals surface area contributed by atoms with Gasteiger partial charge in [-0.25, -0.2) is 8.42 Å². The van der Waals surface area contributed by atoms with Crippen molar-refractivity contribution < 1.29 is 17.9 Å². The molecule has 0 saturated carbocycles. The monoisotopic (exact) mass is 199 g/mol. The molecule has 1 atom stereocenters. The number of ether oxygens (including phenoxy) is 1.